The van der Waals surface area contributed by atoms with Crippen LogP contribution in [0.4, 0.5) is 8.78 Å². The number of halogens is 2. The smallest absolute Gasteiger partial charge is 0.223 e. The second-order valence-electron chi connectivity index (χ2n) is 2.85. The lowest BCUT2D eigenvalue weighted by Gasteiger charge is -2.02. The first kappa shape index (κ1) is 9.27. The Kier molecular flexibility index (Phi) is 2.29. The fraction of sp³-hybridized carbons (Fsp3) is 0.100. The SMILES string of the molecule is Cc1sccc1-c1c(F)ccnc1F. The molecule has 0 aliphatic carbocycles. The molecule has 2 aromatic rings. The number of hydrogen-bond donors (Lipinski definition) is 0. The van der Waals surface area contributed by atoms with Crippen LogP contribution in [0.5, 0.6) is 0 Å². The first-order chi connectivity index (χ1) is 6.70. The minimum Gasteiger partial charge on any atom is -0.228 e. The van der Waals surface area contributed by atoms with Gasteiger partial charge in [0.15, 0.2) is 0 Å². The van der Waals surface area contributed by atoms with Gasteiger partial charge in [-0.05, 0) is 24.4 Å². The lowest BCUT2D eigenvalue weighted by Crippen LogP contribution is -1.92. The summed E-state index contributed by atoms with van der Waals surface area (Å²) in [6, 6.07) is 2.86. The van der Waals surface area contributed by atoms with Crippen LogP contribution in [0.15, 0.2) is 23.7 Å². The molecule has 0 bridgehead atoms. The number of rotatable bonds is 1. The molecule has 0 saturated heterocycles. The second kappa shape index (κ2) is 3.46. The number of pyridine rings is 1. The summed E-state index contributed by atoms with van der Waals surface area (Å²) >= 11 is 1.46. The molecule has 1 nitrogen and oxygen atoms in total. The van der Waals surface area contributed by atoms with Crippen molar-refractivity contribution in [3.8, 4) is 11.1 Å². The normalized spacial score (nSPS) is 10.5. The Balaban J connectivity index is 2.68. The van der Waals surface area contributed by atoms with E-state index in [0.717, 1.165) is 17.1 Å². The van der Waals surface area contributed by atoms with Gasteiger partial charge in [0.05, 0.1) is 5.56 Å². The number of thiophene rings is 1. The van der Waals surface area contributed by atoms with E-state index in [-0.39, 0.29) is 5.56 Å². The van der Waals surface area contributed by atoms with Crippen LogP contribution in [-0.4, -0.2) is 4.98 Å². The van der Waals surface area contributed by atoms with Crippen molar-refractivity contribution in [2.45, 2.75) is 6.92 Å². The molecule has 0 N–H and O–H groups in total. The molecule has 0 spiro atoms. The molecule has 72 valence electrons. The van der Waals surface area contributed by atoms with E-state index in [1.165, 1.54) is 11.3 Å². The van der Waals surface area contributed by atoms with Gasteiger partial charge in [0, 0.05) is 16.6 Å². The third kappa shape index (κ3) is 1.42. The fourth-order valence-corrected chi connectivity index (χ4v) is 2.00. The third-order valence-corrected chi connectivity index (χ3v) is 2.83. The number of hydrogen-bond acceptors (Lipinski definition) is 2. The van der Waals surface area contributed by atoms with E-state index < -0.39 is 11.8 Å². The molecule has 0 amide bonds. The van der Waals surface area contributed by atoms with E-state index in [9.17, 15) is 8.78 Å². The highest BCUT2D eigenvalue weighted by Gasteiger charge is 2.14. The molecular weight excluding hydrogens is 204 g/mol. The highest BCUT2D eigenvalue weighted by atomic mass is 32.1. The molecule has 0 aliphatic rings. The molecule has 0 aliphatic heterocycles. The molecule has 0 saturated carbocycles. The molecule has 2 heterocycles. The Morgan fingerprint density at radius 2 is 2.07 bits per heavy atom. The molecular formula is C10H7F2NS. The van der Waals surface area contributed by atoms with E-state index in [0.29, 0.717) is 5.56 Å². The van der Waals surface area contributed by atoms with Gasteiger partial charge in [-0.3, -0.25) is 0 Å². The van der Waals surface area contributed by atoms with E-state index in [4.69, 9.17) is 0 Å². The van der Waals surface area contributed by atoms with Crippen molar-refractivity contribution in [2.24, 2.45) is 0 Å². The van der Waals surface area contributed by atoms with E-state index >= 15 is 0 Å². The van der Waals surface area contributed by atoms with Crippen LogP contribution in [0.25, 0.3) is 11.1 Å². The Hall–Kier alpha value is -1.29. The lowest BCUT2D eigenvalue weighted by atomic mass is 10.1. The molecule has 0 radical (unpaired) electrons. The quantitative estimate of drug-likeness (QED) is 0.659. The molecule has 0 aromatic carbocycles. The predicted octanol–water partition coefficient (Wildman–Crippen LogP) is 3.40. The molecule has 0 unspecified atom stereocenters. The van der Waals surface area contributed by atoms with Gasteiger partial charge in [-0.25, -0.2) is 9.37 Å². The van der Waals surface area contributed by atoms with Gasteiger partial charge >= 0.3 is 0 Å². The average molecular weight is 211 g/mol. The van der Waals surface area contributed by atoms with Crippen LogP contribution in [0.3, 0.4) is 0 Å². The standard InChI is InChI=1S/C10H7F2NS/c1-6-7(3-5-14-6)9-8(11)2-4-13-10(9)12/h2-5H,1H3. The maximum Gasteiger partial charge on any atom is 0.223 e. The second-order valence-corrected chi connectivity index (χ2v) is 3.97. The summed E-state index contributed by atoms with van der Waals surface area (Å²) in [5.74, 6) is -1.33. The summed E-state index contributed by atoms with van der Waals surface area (Å²) in [6.45, 7) is 1.83. The van der Waals surface area contributed by atoms with Crippen molar-refractivity contribution in [3.05, 3.63) is 40.4 Å². The van der Waals surface area contributed by atoms with Crippen molar-refractivity contribution in [3.63, 3.8) is 0 Å². The third-order valence-electron chi connectivity index (χ3n) is 1.98. The van der Waals surface area contributed by atoms with Gasteiger partial charge < -0.3 is 0 Å². The van der Waals surface area contributed by atoms with Gasteiger partial charge in [0.2, 0.25) is 5.95 Å². The Morgan fingerprint density at radius 3 is 2.64 bits per heavy atom. The maximum atomic E-state index is 13.3. The number of aryl methyl sites for hydroxylation is 1. The van der Waals surface area contributed by atoms with Crippen LogP contribution >= 0.6 is 11.3 Å². The summed E-state index contributed by atoms with van der Waals surface area (Å²) in [6.07, 6.45) is 1.12. The van der Waals surface area contributed by atoms with E-state index in [2.05, 4.69) is 4.98 Å². The Morgan fingerprint density at radius 1 is 1.29 bits per heavy atom. The Bertz CT molecular complexity index is 445. The molecule has 0 fully saturated rings. The summed E-state index contributed by atoms with van der Waals surface area (Å²) in [5, 5.41) is 1.80. The van der Waals surface area contributed by atoms with Gasteiger partial charge in [-0.15, -0.1) is 11.3 Å². The van der Waals surface area contributed by atoms with Gasteiger partial charge in [0.25, 0.3) is 0 Å². The zero-order chi connectivity index (χ0) is 10.1. The topological polar surface area (TPSA) is 12.9 Å². The largest absolute Gasteiger partial charge is 0.228 e. The minimum absolute atomic E-state index is 0.0359. The maximum absolute atomic E-state index is 13.3. The minimum atomic E-state index is -0.758. The van der Waals surface area contributed by atoms with Gasteiger partial charge in [0.1, 0.15) is 5.82 Å². The van der Waals surface area contributed by atoms with Crippen molar-refractivity contribution >= 4 is 11.3 Å². The van der Waals surface area contributed by atoms with Crippen molar-refractivity contribution in [1.29, 1.82) is 0 Å². The fourth-order valence-electron chi connectivity index (χ4n) is 1.30. The summed E-state index contributed by atoms with van der Waals surface area (Å²) in [7, 11) is 0. The van der Waals surface area contributed by atoms with Crippen molar-refractivity contribution in [1.82, 2.24) is 4.98 Å². The number of nitrogens with zero attached hydrogens (tertiary/aromatic N) is 1. The van der Waals surface area contributed by atoms with Crippen LogP contribution in [0, 0.1) is 18.7 Å². The zero-order valence-electron chi connectivity index (χ0n) is 7.42. The van der Waals surface area contributed by atoms with Crippen LogP contribution in [0.2, 0.25) is 0 Å². The van der Waals surface area contributed by atoms with Gasteiger partial charge in [-0.2, -0.15) is 4.39 Å². The molecule has 2 rings (SSSR count). The zero-order valence-corrected chi connectivity index (χ0v) is 8.24. The first-order valence-corrected chi connectivity index (χ1v) is 4.92. The molecule has 0 atom stereocenters. The van der Waals surface area contributed by atoms with Crippen molar-refractivity contribution in [2.75, 3.05) is 0 Å². The van der Waals surface area contributed by atoms with E-state index in [1.807, 2.05) is 6.92 Å². The Labute approximate surface area is 84.0 Å². The molecule has 2 aromatic heterocycles. The highest BCUT2D eigenvalue weighted by Crippen LogP contribution is 2.30. The van der Waals surface area contributed by atoms with Crippen molar-refractivity contribution < 1.29 is 8.78 Å². The van der Waals surface area contributed by atoms with Crippen LogP contribution in [0.1, 0.15) is 4.88 Å². The average Bonchev–Trinajstić information content (AvgIpc) is 2.52. The molecule has 4 heteroatoms. The van der Waals surface area contributed by atoms with Crippen LogP contribution < -0.4 is 0 Å². The monoisotopic (exact) mass is 211 g/mol. The number of aromatic nitrogens is 1. The molecule has 14 heavy (non-hydrogen) atoms. The lowest BCUT2D eigenvalue weighted by molar-refractivity contribution is 0.558. The highest BCUT2D eigenvalue weighted by molar-refractivity contribution is 7.10. The summed E-state index contributed by atoms with van der Waals surface area (Å²) in [5.41, 5.74) is 0.546. The van der Waals surface area contributed by atoms with E-state index in [1.54, 1.807) is 11.4 Å². The summed E-state index contributed by atoms with van der Waals surface area (Å²) < 4.78 is 26.6. The summed E-state index contributed by atoms with van der Waals surface area (Å²) in [4.78, 5) is 4.32. The van der Waals surface area contributed by atoms with Gasteiger partial charge in [-0.1, -0.05) is 0 Å². The van der Waals surface area contributed by atoms with Crippen LogP contribution in [-0.2, 0) is 0 Å². The predicted molar refractivity (Wildman–Crippen MR) is 52.2 cm³/mol. The first-order valence-electron chi connectivity index (χ1n) is 4.04.